The zero-order valence-electron chi connectivity index (χ0n) is 10.5. The van der Waals surface area contributed by atoms with E-state index in [1.165, 1.54) is 5.56 Å². The number of hydrogen-bond acceptors (Lipinski definition) is 3. The molecule has 0 unspecified atom stereocenters. The van der Waals surface area contributed by atoms with Gasteiger partial charge in [-0.25, -0.2) is 0 Å². The van der Waals surface area contributed by atoms with Gasteiger partial charge in [-0.1, -0.05) is 56.3 Å². The number of benzene rings is 1. The van der Waals surface area contributed by atoms with E-state index in [2.05, 4.69) is 43.4 Å². The summed E-state index contributed by atoms with van der Waals surface area (Å²) in [6, 6.07) is 12.2. The van der Waals surface area contributed by atoms with Crippen LogP contribution in [0.2, 0.25) is 0 Å². The molecule has 90 valence electrons. The Labute approximate surface area is 102 Å². The minimum atomic E-state index is -0.000321. The molecule has 0 fully saturated rings. The van der Waals surface area contributed by atoms with Gasteiger partial charge in [-0.3, -0.25) is 0 Å². The molecule has 0 aliphatic rings. The molecule has 0 saturated carbocycles. The Morgan fingerprint density at radius 3 is 2.47 bits per heavy atom. The highest BCUT2D eigenvalue weighted by Gasteiger charge is 2.19. The van der Waals surface area contributed by atoms with Crippen molar-refractivity contribution in [3.05, 3.63) is 47.7 Å². The summed E-state index contributed by atoms with van der Waals surface area (Å²) in [5.41, 5.74) is 1.23. The van der Waals surface area contributed by atoms with Gasteiger partial charge in [0.15, 0.2) is 5.82 Å². The lowest BCUT2D eigenvalue weighted by molar-refractivity contribution is 0.330. The molecule has 0 radical (unpaired) electrons. The van der Waals surface area contributed by atoms with E-state index in [1.807, 2.05) is 24.3 Å². The molecule has 2 aromatic rings. The van der Waals surface area contributed by atoms with Gasteiger partial charge < -0.3 is 9.84 Å². The molecular weight excluding hydrogens is 212 g/mol. The molecule has 2 rings (SSSR count). The third-order valence-electron chi connectivity index (χ3n) is 2.57. The first-order valence-electron chi connectivity index (χ1n) is 5.81. The Hall–Kier alpha value is -1.77. The Morgan fingerprint density at radius 2 is 1.88 bits per heavy atom. The van der Waals surface area contributed by atoms with Crippen molar-refractivity contribution in [2.45, 2.75) is 32.7 Å². The summed E-state index contributed by atoms with van der Waals surface area (Å²) in [7, 11) is 0. The molecule has 1 heterocycles. The molecule has 0 aliphatic heterocycles. The van der Waals surface area contributed by atoms with E-state index in [1.54, 1.807) is 0 Å². The molecule has 17 heavy (non-hydrogen) atoms. The van der Waals surface area contributed by atoms with Crippen LogP contribution in [0.3, 0.4) is 0 Å². The van der Waals surface area contributed by atoms with Gasteiger partial charge in [0.25, 0.3) is 0 Å². The van der Waals surface area contributed by atoms with Crippen LogP contribution in [-0.4, -0.2) is 5.16 Å². The van der Waals surface area contributed by atoms with E-state index in [0.29, 0.717) is 0 Å². The van der Waals surface area contributed by atoms with Crippen LogP contribution >= 0.6 is 0 Å². The van der Waals surface area contributed by atoms with Gasteiger partial charge in [-0.15, -0.1) is 0 Å². The average Bonchev–Trinajstić information content (AvgIpc) is 2.76. The van der Waals surface area contributed by atoms with Gasteiger partial charge >= 0.3 is 0 Å². The molecular formula is C14H18N2O. The number of nitrogens with zero attached hydrogens (tertiary/aromatic N) is 1. The Balaban J connectivity index is 1.99. The van der Waals surface area contributed by atoms with Gasteiger partial charge in [0.1, 0.15) is 5.76 Å². The molecule has 1 N–H and O–H groups in total. The van der Waals surface area contributed by atoms with Gasteiger partial charge in [0.2, 0.25) is 0 Å². The number of anilines is 1. The summed E-state index contributed by atoms with van der Waals surface area (Å²) >= 11 is 0. The average molecular weight is 230 g/mol. The van der Waals surface area contributed by atoms with Crippen LogP contribution in [0.15, 0.2) is 40.9 Å². The van der Waals surface area contributed by atoms with Crippen LogP contribution in [-0.2, 0) is 12.0 Å². The van der Waals surface area contributed by atoms with Crippen LogP contribution < -0.4 is 5.32 Å². The summed E-state index contributed by atoms with van der Waals surface area (Å²) in [4.78, 5) is 0. The van der Waals surface area contributed by atoms with Crippen molar-refractivity contribution in [1.29, 1.82) is 0 Å². The molecule has 0 aliphatic carbocycles. The maximum absolute atomic E-state index is 5.30. The molecule has 1 aromatic carbocycles. The van der Waals surface area contributed by atoms with Crippen LogP contribution in [0.1, 0.15) is 32.1 Å². The van der Waals surface area contributed by atoms with Crippen molar-refractivity contribution in [1.82, 2.24) is 5.16 Å². The van der Waals surface area contributed by atoms with Crippen molar-refractivity contribution in [3.8, 4) is 0 Å². The second-order valence-corrected chi connectivity index (χ2v) is 5.17. The minimum absolute atomic E-state index is 0.000321. The first-order chi connectivity index (χ1) is 8.05. The first-order valence-corrected chi connectivity index (χ1v) is 5.81. The van der Waals surface area contributed by atoms with E-state index in [-0.39, 0.29) is 5.41 Å². The molecule has 0 spiro atoms. The van der Waals surface area contributed by atoms with E-state index >= 15 is 0 Å². The second-order valence-electron chi connectivity index (χ2n) is 5.17. The predicted octanol–water partition coefficient (Wildman–Crippen LogP) is 3.58. The summed E-state index contributed by atoms with van der Waals surface area (Å²) in [5.74, 6) is 1.69. The molecule has 3 nitrogen and oxygen atoms in total. The Morgan fingerprint density at radius 1 is 1.18 bits per heavy atom. The predicted molar refractivity (Wildman–Crippen MR) is 69.0 cm³/mol. The maximum Gasteiger partial charge on any atom is 0.169 e. The number of nitrogens with one attached hydrogen (secondary N) is 1. The van der Waals surface area contributed by atoms with Gasteiger partial charge in [-0.2, -0.15) is 0 Å². The third kappa shape index (κ3) is 3.09. The maximum atomic E-state index is 5.30. The lowest BCUT2D eigenvalue weighted by Gasteiger charge is -2.12. The van der Waals surface area contributed by atoms with Crippen molar-refractivity contribution in [2.75, 3.05) is 5.32 Å². The quantitative estimate of drug-likeness (QED) is 0.875. The zero-order valence-corrected chi connectivity index (χ0v) is 10.5. The summed E-state index contributed by atoms with van der Waals surface area (Å²) in [5, 5.41) is 7.26. The standard InChI is InChI=1S/C14H18N2O/c1-14(2,3)12-9-13(16-17-12)15-10-11-7-5-4-6-8-11/h4-9H,10H2,1-3H3,(H,15,16). The van der Waals surface area contributed by atoms with Crippen molar-refractivity contribution in [2.24, 2.45) is 0 Å². The van der Waals surface area contributed by atoms with Crippen LogP contribution in [0, 0.1) is 0 Å². The molecule has 1 aromatic heterocycles. The Kier molecular flexibility index (Phi) is 3.18. The molecule has 0 bridgehead atoms. The molecule has 3 heteroatoms. The van der Waals surface area contributed by atoms with E-state index in [9.17, 15) is 0 Å². The molecule has 0 atom stereocenters. The summed E-state index contributed by atoms with van der Waals surface area (Å²) in [6.45, 7) is 7.08. The van der Waals surface area contributed by atoms with Gasteiger partial charge in [0.05, 0.1) is 0 Å². The van der Waals surface area contributed by atoms with Crippen molar-refractivity contribution in [3.63, 3.8) is 0 Å². The lowest BCUT2D eigenvalue weighted by atomic mass is 9.93. The fourth-order valence-corrected chi connectivity index (χ4v) is 1.50. The Bertz CT molecular complexity index is 468. The fourth-order valence-electron chi connectivity index (χ4n) is 1.50. The van der Waals surface area contributed by atoms with Crippen LogP contribution in [0.4, 0.5) is 5.82 Å². The molecule has 0 amide bonds. The van der Waals surface area contributed by atoms with Crippen molar-refractivity contribution >= 4 is 5.82 Å². The number of hydrogen-bond donors (Lipinski definition) is 1. The van der Waals surface area contributed by atoms with Crippen LogP contribution in [0.25, 0.3) is 0 Å². The lowest BCUT2D eigenvalue weighted by Crippen LogP contribution is -2.09. The first kappa shape index (κ1) is 11.7. The van der Waals surface area contributed by atoms with Gasteiger partial charge in [0, 0.05) is 18.0 Å². The highest BCUT2D eigenvalue weighted by Crippen LogP contribution is 2.24. The topological polar surface area (TPSA) is 38.1 Å². The monoisotopic (exact) mass is 230 g/mol. The zero-order chi connectivity index (χ0) is 12.3. The normalized spacial score (nSPS) is 11.5. The van der Waals surface area contributed by atoms with E-state index in [4.69, 9.17) is 4.52 Å². The number of rotatable bonds is 3. The SMILES string of the molecule is CC(C)(C)c1cc(NCc2ccccc2)no1. The van der Waals surface area contributed by atoms with E-state index < -0.39 is 0 Å². The van der Waals surface area contributed by atoms with Gasteiger partial charge in [-0.05, 0) is 5.56 Å². The highest BCUT2D eigenvalue weighted by molar-refractivity contribution is 5.36. The third-order valence-corrected chi connectivity index (χ3v) is 2.57. The van der Waals surface area contributed by atoms with E-state index in [0.717, 1.165) is 18.1 Å². The van der Waals surface area contributed by atoms with Crippen LogP contribution in [0.5, 0.6) is 0 Å². The van der Waals surface area contributed by atoms with Crippen molar-refractivity contribution < 1.29 is 4.52 Å². The fraction of sp³-hybridized carbons (Fsp3) is 0.357. The second kappa shape index (κ2) is 4.62. The number of aromatic nitrogens is 1. The summed E-state index contributed by atoms with van der Waals surface area (Å²) in [6.07, 6.45) is 0. The largest absolute Gasteiger partial charge is 0.363 e. The smallest absolute Gasteiger partial charge is 0.169 e. The minimum Gasteiger partial charge on any atom is -0.363 e. The highest BCUT2D eigenvalue weighted by atomic mass is 16.5. The molecule has 0 saturated heterocycles. The summed E-state index contributed by atoms with van der Waals surface area (Å²) < 4.78 is 5.30.